The maximum absolute atomic E-state index is 11.9. The van der Waals surface area contributed by atoms with Crippen molar-refractivity contribution in [2.45, 2.75) is 12.8 Å². The Bertz CT molecular complexity index is 900. The minimum absolute atomic E-state index is 0.0290. The van der Waals surface area contributed by atoms with E-state index in [4.69, 9.17) is 44.9 Å². The van der Waals surface area contributed by atoms with Crippen molar-refractivity contribution in [3.05, 3.63) is 57.0 Å². The molecule has 0 heterocycles. The normalized spacial score (nSPS) is 10.1. The SMILES string of the molecule is O=C(COc1ccc(Br)cc1)NNC(=S)NC(=O)CCCOc1ccc(Cl)cc1Cl. The minimum atomic E-state index is -0.456. The van der Waals surface area contributed by atoms with Gasteiger partial charge in [-0.2, -0.15) is 0 Å². The third kappa shape index (κ3) is 9.17. The molecule has 0 aliphatic carbocycles. The van der Waals surface area contributed by atoms with Crippen molar-refractivity contribution in [3.63, 3.8) is 0 Å². The summed E-state index contributed by atoms with van der Waals surface area (Å²) in [6.45, 7) is 0.0783. The lowest BCUT2D eigenvalue weighted by atomic mass is 10.3. The van der Waals surface area contributed by atoms with Crippen LogP contribution in [-0.2, 0) is 9.59 Å². The summed E-state index contributed by atoms with van der Waals surface area (Å²) < 4.78 is 11.7. The Morgan fingerprint density at radius 2 is 1.73 bits per heavy atom. The first-order chi connectivity index (χ1) is 14.3. The molecule has 3 N–H and O–H groups in total. The molecule has 2 rings (SSSR count). The molecule has 0 aromatic heterocycles. The average Bonchev–Trinajstić information content (AvgIpc) is 2.70. The quantitative estimate of drug-likeness (QED) is 0.269. The van der Waals surface area contributed by atoms with Gasteiger partial charge in [0.1, 0.15) is 11.5 Å². The molecule has 0 radical (unpaired) electrons. The third-order valence-electron chi connectivity index (χ3n) is 3.45. The first kappa shape index (κ1) is 24.2. The Hall–Kier alpha value is -2.07. The number of thiocarbonyl (C=S) groups is 1. The fourth-order valence-corrected chi connectivity index (χ4v) is 2.96. The van der Waals surface area contributed by atoms with Crippen LogP contribution in [0, 0.1) is 0 Å². The molecule has 0 aliphatic rings. The monoisotopic (exact) mass is 533 g/mol. The number of ether oxygens (including phenoxy) is 2. The molecular formula is C19H18BrCl2N3O4S. The minimum Gasteiger partial charge on any atom is -0.492 e. The molecule has 2 amide bonds. The maximum Gasteiger partial charge on any atom is 0.276 e. The number of nitrogens with one attached hydrogen (secondary N) is 3. The number of halogens is 3. The van der Waals surface area contributed by atoms with Crippen LogP contribution in [0.3, 0.4) is 0 Å². The summed E-state index contributed by atoms with van der Waals surface area (Å²) in [6.07, 6.45) is 0.619. The van der Waals surface area contributed by atoms with Crippen LogP contribution in [0.15, 0.2) is 46.9 Å². The lowest BCUT2D eigenvalue weighted by molar-refractivity contribution is -0.124. The fourth-order valence-electron chi connectivity index (χ4n) is 2.07. The van der Waals surface area contributed by atoms with Gasteiger partial charge >= 0.3 is 0 Å². The van der Waals surface area contributed by atoms with E-state index in [2.05, 4.69) is 32.1 Å². The van der Waals surface area contributed by atoms with E-state index in [1.54, 1.807) is 42.5 Å². The second-order valence-corrected chi connectivity index (χ2v) is 7.99. The Labute approximate surface area is 197 Å². The van der Waals surface area contributed by atoms with Gasteiger partial charge in [-0.15, -0.1) is 0 Å². The zero-order valence-corrected chi connectivity index (χ0v) is 19.5. The molecule has 2 aromatic rings. The summed E-state index contributed by atoms with van der Waals surface area (Å²) in [6, 6.07) is 11.9. The second-order valence-electron chi connectivity index (χ2n) is 5.82. The number of hydrogen-bond acceptors (Lipinski definition) is 5. The van der Waals surface area contributed by atoms with Gasteiger partial charge in [0, 0.05) is 15.9 Å². The van der Waals surface area contributed by atoms with Crippen molar-refractivity contribution in [1.29, 1.82) is 0 Å². The Balaban J connectivity index is 1.58. The van der Waals surface area contributed by atoms with Crippen molar-refractivity contribution < 1.29 is 19.1 Å². The van der Waals surface area contributed by atoms with Gasteiger partial charge in [0.15, 0.2) is 11.7 Å². The molecule has 2 aromatic carbocycles. The molecule has 0 bridgehead atoms. The molecule has 0 atom stereocenters. The van der Waals surface area contributed by atoms with E-state index in [1.807, 2.05) is 0 Å². The molecule has 7 nitrogen and oxygen atoms in total. The average molecular weight is 535 g/mol. The topological polar surface area (TPSA) is 88.7 Å². The third-order valence-corrected chi connectivity index (χ3v) is 4.71. The zero-order chi connectivity index (χ0) is 21.9. The molecule has 0 fully saturated rings. The van der Waals surface area contributed by atoms with E-state index in [-0.39, 0.29) is 24.0 Å². The van der Waals surface area contributed by atoms with Crippen molar-refractivity contribution in [2.24, 2.45) is 0 Å². The Kier molecular flexibility index (Phi) is 10.2. The van der Waals surface area contributed by atoms with Gasteiger partial charge in [-0.25, -0.2) is 0 Å². The van der Waals surface area contributed by atoms with Gasteiger partial charge < -0.3 is 14.8 Å². The van der Waals surface area contributed by atoms with Crippen LogP contribution in [0.2, 0.25) is 10.0 Å². The summed E-state index contributed by atoms with van der Waals surface area (Å²) in [5.74, 6) is 0.263. The summed E-state index contributed by atoms with van der Waals surface area (Å²) in [5, 5.41) is 3.34. The molecule has 0 aliphatic heterocycles. The highest BCUT2D eigenvalue weighted by Crippen LogP contribution is 2.27. The van der Waals surface area contributed by atoms with Crippen LogP contribution in [0.4, 0.5) is 0 Å². The van der Waals surface area contributed by atoms with Crippen LogP contribution in [0.25, 0.3) is 0 Å². The Morgan fingerprint density at radius 1 is 1.00 bits per heavy atom. The van der Waals surface area contributed by atoms with Gasteiger partial charge in [-0.3, -0.25) is 20.4 Å². The van der Waals surface area contributed by atoms with E-state index in [9.17, 15) is 9.59 Å². The molecule has 0 unspecified atom stereocenters. The van der Waals surface area contributed by atoms with Crippen LogP contribution >= 0.6 is 51.3 Å². The van der Waals surface area contributed by atoms with Crippen molar-refractivity contribution >= 4 is 68.3 Å². The largest absolute Gasteiger partial charge is 0.492 e. The summed E-state index contributed by atoms with van der Waals surface area (Å²) >= 11 is 20.1. The van der Waals surface area contributed by atoms with Crippen molar-refractivity contribution in [1.82, 2.24) is 16.2 Å². The molecule has 0 saturated carbocycles. The van der Waals surface area contributed by atoms with E-state index in [0.29, 0.717) is 34.6 Å². The van der Waals surface area contributed by atoms with Crippen molar-refractivity contribution in [3.8, 4) is 11.5 Å². The van der Waals surface area contributed by atoms with E-state index in [0.717, 1.165) is 4.47 Å². The van der Waals surface area contributed by atoms with Gasteiger partial charge in [0.25, 0.3) is 5.91 Å². The number of benzene rings is 2. The number of carbonyl (C=O) groups excluding carboxylic acids is 2. The van der Waals surface area contributed by atoms with Crippen LogP contribution in [-0.4, -0.2) is 30.1 Å². The number of hydrazine groups is 1. The number of amides is 2. The predicted molar refractivity (Wildman–Crippen MR) is 123 cm³/mol. The van der Waals surface area contributed by atoms with E-state index in [1.165, 1.54) is 0 Å². The summed E-state index contributed by atoms with van der Waals surface area (Å²) in [7, 11) is 0. The second kappa shape index (κ2) is 12.6. The highest BCUT2D eigenvalue weighted by Gasteiger charge is 2.08. The highest BCUT2D eigenvalue weighted by atomic mass is 79.9. The standard InChI is InChI=1S/C19H18BrCl2N3O4S/c20-12-3-6-14(7-4-12)29-11-18(27)24-25-19(30)23-17(26)2-1-9-28-16-8-5-13(21)10-15(16)22/h3-8,10H,1-2,9,11H2,(H,24,27)(H2,23,25,26,30). The highest BCUT2D eigenvalue weighted by molar-refractivity contribution is 9.10. The van der Waals surface area contributed by atoms with E-state index >= 15 is 0 Å². The maximum atomic E-state index is 11.9. The molecule has 160 valence electrons. The zero-order valence-electron chi connectivity index (χ0n) is 15.5. The lowest BCUT2D eigenvalue weighted by Gasteiger charge is -2.12. The van der Waals surface area contributed by atoms with Crippen LogP contribution in [0.1, 0.15) is 12.8 Å². The summed E-state index contributed by atoms with van der Waals surface area (Å²) in [4.78, 5) is 23.6. The predicted octanol–water partition coefficient (Wildman–Crippen LogP) is 4.02. The van der Waals surface area contributed by atoms with Crippen molar-refractivity contribution in [2.75, 3.05) is 13.2 Å². The smallest absolute Gasteiger partial charge is 0.276 e. The van der Waals surface area contributed by atoms with Crippen LogP contribution in [0.5, 0.6) is 11.5 Å². The first-order valence-corrected chi connectivity index (χ1v) is 10.6. The number of carbonyl (C=O) groups is 2. The fraction of sp³-hybridized carbons (Fsp3) is 0.211. The van der Waals surface area contributed by atoms with Gasteiger partial charge in [0.05, 0.1) is 11.6 Å². The molecule has 0 spiro atoms. The Morgan fingerprint density at radius 3 is 2.43 bits per heavy atom. The number of rotatable bonds is 8. The van der Waals surface area contributed by atoms with Gasteiger partial charge in [-0.1, -0.05) is 39.1 Å². The molecule has 0 saturated heterocycles. The number of hydrogen-bond donors (Lipinski definition) is 3. The van der Waals surface area contributed by atoms with Crippen LogP contribution < -0.4 is 25.6 Å². The lowest BCUT2D eigenvalue weighted by Crippen LogP contribution is -2.49. The van der Waals surface area contributed by atoms with E-state index < -0.39 is 5.91 Å². The molecule has 30 heavy (non-hydrogen) atoms. The molecule has 11 heteroatoms. The first-order valence-electron chi connectivity index (χ1n) is 8.68. The molecular weight excluding hydrogens is 517 g/mol. The van der Waals surface area contributed by atoms with Gasteiger partial charge in [-0.05, 0) is 61.1 Å². The summed E-state index contributed by atoms with van der Waals surface area (Å²) in [5.41, 5.74) is 4.78. The van der Waals surface area contributed by atoms with Gasteiger partial charge in [0.2, 0.25) is 5.91 Å².